The Morgan fingerprint density at radius 2 is 1.07 bits per heavy atom. The Balaban J connectivity index is 1.92. The summed E-state index contributed by atoms with van der Waals surface area (Å²) in [5.41, 5.74) is 10.2. The Morgan fingerprint density at radius 3 is 1.68 bits per heavy atom. The molecule has 0 aliphatic rings. The van der Waals surface area contributed by atoms with Crippen molar-refractivity contribution in [3.8, 4) is 16.8 Å². The third-order valence-electron chi connectivity index (χ3n) is 5.66. The number of fused-ring (bicyclic) bond motifs is 3. The Hall–Kier alpha value is -3.32. The summed E-state index contributed by atoms with van der Waals surface area (Å²) < 4.78 is 2.42. The van der Waals surface area contributed by atoms with E-state index in [1.807, 2.05) is 0 Å². The number of nitrogens with zero attached hydrogens (tertiary/aromatic N) is 1. The zero-order chi connectivity index (χ0) is 19.3. The molecule has 0 fully saturated rings. The highest BCUT2D eigenvalue weighted by atomic mass is 15.0. The van der Waals surface area contributed by atoms with E-state index in [1.165, 1.54) is 55.3 Å². The van der Waals surface area contributed by atoms with Gasteiger partial charge in [0.1, 0.15) is 0 Å². The first-order valence-corrected chi connectivity index (χ1v) is 9.80. The zero-order valence-corrected chi connectivity index (χ0v) is 16.5. The number of aromatic nitrogens is 1. The van der Waals surface area contributed by atoms with Crippen molar-refractivity contribution in [2.24, 2.45) is 0 Å². The van der Waals surface area contributed by atoms with Crippen LogP contribution in [-0.2, 0) is 0 Å². The van der Waals surface area contributed by atoms with Gasteiger partial charge in [0.2, 0.25) is 0 Å². The molecule has 0 saturated heterocycles. The third-order valence-corrected chi connectivity index (χ3v) is 5.66. The topological polar surface area (TPSA) is 4.93 Å². The van der Waals surface area contributed by atoms with Crippen molar-refractivity contribution in [1.29, 1.82) is 0 Å². The van der Waals surface area contributed by atoms with Crippen LogP contribution < -0.4 is 0 Å². The second-order valence-corrected chi connectivity index (χ2v) is 7.71. The molecule has 0 spiro atoms. The molecule has 136 valence electrons. The second-order valence-electron chi connectivity index (χ2n) is 7.71. The molecule has 0 saturated carbocycles. The van der Waals surface area contributed by atoms with E-state index in [4.69, 9.17) is 0 Å². The van der Waals surface area contributed by atoms with Gasteiger partial charge in [-0.15, -0.1) is 0 Å². The first kappa shape index (κ1) is 16.8. The zero-order valence-electron chi connectivity index (χ0n) is 16.5. The van der Waals surface area contributed by atoms with Crippen LogP contribution in [0.1, 0.15) is 16.7 Å². The lowest BCUT2D eigenvalue weighted by atomic mass is 9.99. The molecular formula is C27H23N. The van der Waals surface area contributed by atoms with Gasteiger partial charge >= 0.3 is 0 Å². The minimum Gasteiger partial charge on any atom is -0.309 e. The first-order chi connectivity index (χ1) is 13.6. The molecule has 0 bridgehead atoms. The highest BCUT2D eigenvalue weighted by molar-refractivity contribution is 6.10. The predicted octanol–water partition coefficient (Wildman–Crippen LogP) is 7.38. The predicted molar refractivity (Wildman–Crippen MR) is 120 cm³/mol. The quantitative estimate of drug-likeness (QED) is 0.309. The van der Waals surface area contributed by atoms with E-state index < -0.39 is 0 Å². The van der Waals surface area contributed by atoms with Crippen molar-refractivity contribution < 1.29 is 0 Å². The normalized spacial score (nSPS) is 11.4. The van der Waals surface area contributed by atoms with E-state index in [1.54, 1.807) is 0 Å². The van der Waals surface area contributed by atoms with Crippen LogP contribution in [-0.4, -0.2) is 4.57 Å². The molecule has 0 aliphatic carbocycles. The molecule has 1 heteroatoms. The fourth-order valence-corrected chi connectivity index (χ4v) is 4.28. The van der Waals surface area contributed by atoms with Gasteiger partial charge < -0.3 is 4.57 Å². The fourth-order valence-electron chi connectivity index (χ4n) is 4.28. The molecule has 0 radical (unpaired) electrons. The molecule has 28 heavy (non-hydrogen) atoms. The molecule has 4 aromatic carbocycles. The smallest absolute Gasteiger partial charge is 0.0541 e. The van der Waals surface area contributed by atoms with Crippen LogP contribution in [0.5, 0.6) is 0 Å². The maximum absolute atomic E-state index is 2.42. The Kier molecular flexibility index (Phi) is 3.84. The molecule has 1 nitrogen and oxygen atoms in total. The van der Waals surface area contributed by atoms with Gasteiger partial charge in [-0.1, -0.05) is 65.7 Å². The summed E-state index contributed by atoms with van der Waals surface area (Å²) in [6.07, 6.45) is 0. The molecule has 0 N–H and O–H groups in total. The number of rotatable bonds is 2. The summed E-state index contributed by atoms with van der Waals surface area (Å²) >= 11 is 0. The summed E-state index contributed by atoms with van der Waals surface area (Å²) in [6, 6.07) is 30.9. The van der Waals surface area contributed by atoms with Gasteiger partial charge in [0.05, 0.1) is 16.7 Å². The minimum absolute atomic E-state index is 1.23. The highest BCUT2D eigenvalue weighted by Crippen LogP contribution is 2.37. The largest absolute Gasteiger partial charge is 0.309 e. The number of benzene rings is 4. The molecule has 1 aromatic heterocycles. The van der Waals surface area contributed by atoms with Crippen molar-refractivity contribution in [1.82, 2.24) is 4.57 Å². The monoisotopic (exact) mass is 361 g/mol. The van der Waals surface area contributed by atoms with Gasteiger partial charge in [-0.3, -0.25) is 0 Å². The highest BCUT2D eigenvalue weighted by Gasteiger charge is 2.16. The van der Waals surface area contributed by atoms with Gasteiger partial charge in [0.15, 0.2) is 0 Å². The standard InChI is InChI=1S/C27H23N/c1-18-12-14-26-23(16-18)24-17-19(2)13-15-27(24)28(26)25-11-7-6-10-22(25)21-9-5-4-8-20(21)3/h4-17H,1-3H3. The van der Waals surface area contributed by atoms with E-state index in [2.05, 4.69) is 110 Å². The minimum atomic E-state index is 1.23. The van der Waals surface area contributed by atoms with Crippen molar-refractivity contribution in [3.05, 3.63) is 102 Å². The van der Waals surface area contributed by atoms with Crippen LogP contribution in [0.25, 0.3) is 38.6 Å². The Bertz CT molecular complexity index is 1280. The molecule has 0 aliphatic heterocycles. The van der Waals surface area contributed by atoms with Crippen LogP contribution in [0.3, 0.4) is 0 Å². The summed E-state index contributed by atoms with van der Waals surface area (Å²) in [6.45, 7) is 6.52. The van der Waals surface area contributed by atoms with E-state index in [9.17, 15) is 0 Å². The summed E-state index contributed by atoms with van der Waals surface area (Å²) in [7, 11) is 0. The SMILES string of the molecule is Cc1ccc2c(c1)c1cc(C)ccc1n2-c1ccccc1-c1ccccc1C. The lowest BCUT2D eigenvalue weighted by Gasteiger charge is -2.15. The third kappa shape index (κ3) is 2.55. The lowest BCUT2D eigenvalue weighted by molar-refractivity contribution is 1.18. The van der Waals surface area contributed by atoms with Crippen LogP contribution >= 0.6 is 0 Å². The number of aryl methyl sites for hydroxylation is 3. The van der Waals surface area contributed by atoms with Gasteiger partial charge in [-0.05, 0) is 62.2 Å². The maximum Gasteiger partial charge on any atom is 0.0541 e. The molecule has 0 amide bonds. The fraction of sp³-hybridized carbons (Fsp3) is 0.111. The van der Waals surface area contributed by atoms with Crippen molar-refractivity contribution in [2.45, 2.75) is 20.8 Å². The van der Waals surface area contributed by atoms with Gasteiger partial charge in [-0.25, -0.2) is 0 Å². The van der Waals surface area contributed by atoms with Crippen LogP contribution in [0.4, 0.5) is 0 Å². The average molecular weight is 361 g/mol. The van der Waals surface area contributed by atoms with E-state index >= 15 is 0 Å². The molecule has 5 rings (SSSR count). The summed E-state index contributed by atoms with van der Waals surface area (Å²) in [5.74, 6) is 0. The number of hydrogen-bond acceptors (Lipinski definition) is 0. The van der Waals surface area contributed by atoms with Gasteiger partial charge in [-0.2, -0.15) is 0 Å². The Labute approximate surface area is 165 Å². The second kappa shape index (κ2) is 6.38. The Morgan fingerprint density at radius 1 is 0.536 bits per heavy atom. The van der Waals surface area contributed by atoms with Crippen molar-refractivity contribution >= 4 is 21.8 Å². The molecule has 0 atom stereocenters. The summed E-state index contributed by atoms with van der Waals surface area (Å²) in [5, 5.41) is 2.64. The van der Waals surface area contributed by atoms with E-state index in [-0.39, 0.29) is 0 Å². The molecular weight excluding hydrogens is 338 g/mol. The van der Waals surface area contributed by atoms with Crippen molar-refractivity contribution in [2.75, 3.05) is 0 Å². The van der Waals surface area contributed by atoms with Crippen molar-refractivity contribution in [3.63, 3.8) is 0 Å². The van der Waals surface area contributed by atoms with Crippen LogP contribution in [0, 0.1) is 20.8 Å². The average Bonchev–Trinajstić information content (AvgIpc) is 3.01. The summed E-state index contributed by atoms with van der Waals surface area (Å²) in [4.78, 5) is 0. The number of hydrogen-bond donors (Lipinski definition) is 0. The molecule has 0 unspecified atom stereocenters. The van der Waals surface area contributed by atoms with E-state index in [0.29, 0.717) is 0 Å². The van der Waals surface area contributed by atoms with Gasteiger partial charge in [0, 0.05) is 16.3 Å². The molecule has 5 aromatic rings. The van der Waals surface area contributed by atoms with E-state index in [0.717, 1.165) is 0 Å². The molecule has 1 heterocycles. The first-order valence-electron chi connectivity index (χ1n) is 9.80. The maximum atomic E-state index is 2.42. The van der Waals surface area contributed by atoms with Crippen LogP contribution in [0.2, 0.25) is 0 Å². The number of para-hydroxylation sites is 1. The van der Waals surface area contributed by atoms with Gasteiger partial charge in [0.25, 0.3) is 0 Å². The van der Waals surface area contributed by atoms with Crippen LogP contribution in [0.15, 0.2) is 84.9 Å². The lowest BCUT2D eigenvalue weighted by Crippen LogP contribution is -1.98.